The summed E-state index contributed by atoms with van der Waals surface area (Å²) in [6.07, 6.45) is -0.0626. The number of anilines is 1. The van der Waals surface area contributed by atoms with Crippen LogP contribution in [0.15, 0.2) is 41.4 Å². The first-order chi connectivity index (χ1) is 16.6. The van der Waals surface area contributed by atoms with E-state index in [1.165, 1.54) is 26.7 Å². The highest BCUT2D eigenvalue weighted by atomic mass is 16.6. The van der Waals surface area contributed by atoms with Crippen LogP contribution in [-0.2, 0) is 25.4 Å². The van der Waals surface area contributed by atoms with Crippen molar-refractivity contribution in [3.8, 4) is 5.75 Å². The van der Waals surface area contributed by atoms with Gasteiger partial charge in [0.2, 0.25) is 0 Å². The van der Waals surface area contributed by atoms with Crippen molar-refractivity contribution in [2.45, 2.75) is 44.8 Å². The number of ether oxygens (including phenoxy) is 4. The highest BCUT2D eigenvalue weighted by molar-refractivity contribution is 5.95. The summed E-state index contributed by atoms with van der Waals surface area (Å²) in [6, 6.07) is 9.92. The Morgan fingerprint density at radius 1 is 1.17 bits per heavy atom. The van der Waals surface area contributed by atoms with Crippen LogP contribution in [0.25, 0.3) is 0 Å². The number of ketones is 1. The zero-order valence-electron chi connectivity index (χ0n) is 20.4. The lowest BCUT2D eigenvalue weighted by Gasteiger charge is -2.24. The van der Waals surface area contributed by atoms with Crippen LogP contribution in [-0.4, -0.2) is 61.7 Å². The lowest BCUT2D eigenvalue weighted by Crippen LogP contribution is -2.32. The summed E-state index contributed by atoms with van der Waals surface area (Å²) in [5.41, 5.74) is 0.760. The van der Waals surface area contributed by atoms with Crippen molar-refractivity contribution < 1.29 is 33.3 Å². The van der Waals surface area contributed by atoms with Gasteiger partial charge in [0, 0.05) is 18.2 Å². The molecule has 2 aromatic rings. The van der Waals surface area contributed by atoms with Crippen LogP contribution in [0, 0.1) is 0 Å². The Labute approximate surface area is 203 Å². The first-order valence-corrected chi connectivity index (χ1v) is 11.0. The van der Waals surface area contributed by atoms with Crippen molar-refractivity contribution in [2.24, 2.45) is 4.99 Å². The van der Waals surface area contributed by atoms with Gasteiger partial charge in [-0.05, 0) is 44.5 Å². The van der Waals surface area contributed by atoms with E-state index < -0.39 is 29.7 Å². The smallest absolute Gasteiger partial charge is 0.412 e. The van der Waals surface area contributed by atoms with Crippen molar-refractivity contribution in [2.75, 3.05) is 26.1 Å². The van der Waals surface area contributed by atoms with Gasteiger partial charge in [0.1, 0.15) is 17.0 Å². The minimum Gasteiger partial charge on any atom is -0.497 e. The predicted molar refractivity (Wildman–Crippen MR) is 128 cm³/mol. The maximum atomic E-state index is 13.5. The maximum Gasteiger partial charge on any atom is 0.412 e. The number of hydrogen-bond donors (Lipinski definition) is 1. The van der Waals surface area contributed by atoms with Gasteiger partial charge in [-0.25, -0.2) is 14.6 Å². The summed E-state index contributed by atoms with van der Waals surface area (Å²) in [5.74, 6) is -1.13. The molecule has 0 spiro atoms. The summed E-state index contributed by atoms with van der Waals surface area (Å²) in [5, 5.41) is 2.73. The number of rotatable bonds is 8. The number of pyridine rings is 1. The second-order valence-corrected chi connectivity index (χ2v) is 8.84. The topological polar surface area (TPSA) is 125 Å². The lowest BCUT2D eigenvalue weighted by molar-refractivity contribution is -0.126. The fourth-order valence-electron chi connectivity index (χ4n) is 3.55. The molecule has 10 nitrogen and oxygen atoms in total. The summed E-state index contributed by atoms with van der Waals surface area (Å²) in [7, 11) is 2.77. The molecule has 186 valence electrons. The molecule has 3 rings (SSSR count). The van der Waals surface area contributed by atoms with Crippen molar-refractivity contribution in [1.82, 2.24) is 4.98 Å². The first-order valence-electron chi connectivity index (χ1n) is 11.0. The van der Waals surface area contributed by atoms with Gasteiger partial charge >= 0.3 is 12.1 Å². The van der Waals surface area contributed by atoms with Crippen LogP contribution in [0.2, 0.25) is 0 Å². The third-order valence-electron chi connectivity index (χ3n) is 5.12. The van der Waals surface area contributed by atoms with Gasteiger partial charge in [-0.2, -0.15) is 0 Å². The van der Waals surface area contributed by atoms with E-state index in [0.717, 1.165) is 0 Å². The van der Waals surface area contributed by atoms with E-state index in [4.69, 9.17) is 18.9 Å². The van der Waals surface area contributed by atoms with E-state index in [-0.39, 0.29) is 24.4 Å². The number of carbonyl (C=O) groups is 3. The third-order valence-corrected chi connectivity index (χ3v) is 5.12. The average molecular weight is 484 g/mol. The normalized spacial score (nSPS) is 15.6. The summed E-state index contributed by atoms with van der Waals surface area (Å²) < 4.78 is 20.9. The van der Waals surface area contributed by atoms with Crippen LogP contribution >= 0.6 is 0 Å². The quantitative estimate of drug-likeness (QED) is 0.565. The molecule has 0 fully saturated rings. The summed E-state index contributed by atoms with van der Waals surface area (Å²) >= 11 is 0. The number of benzene rings is 1. The number of Topliss-reactive ketones (excluding diaryl/α,β-unsaturated/α-hetero) is 1. The van der Waals surface area contributed by atoms with Crippen LogP contribution in [0.4, 0.5) is 10.5 Å². The average Bonchev–Trinajstić information content (AvgIpc) is 3.36. The number of esters is 1. The molecule has 2 atom stereocenters. The Bertz CT molecular complexity index is 1120. The van der Waals surface area contributed by atoms with Crippen molar-refractivity contribution in [1.29, 1.82) is 0 Å². The number of methoxy groups -OCH3 is 2. The number of amides is 1. The highest BCUT2D eigenvalue weighted by Crippen LogP contribution is 2.33. The maximum absolute atomic E-state index is 13.5. The van der Waals surface area contributed by atoms with E-state index in [0.29, 0.717) is 22.7 Å². The summed E-state index contributed by atoms with van der Waals surface area (Å²) in [6.45, 7) is 5.45. The fraction of sp³-hybridized carbons (Fsp3) is 0.400. The monoisotopic (exact) mass is 483 g/mol. The molecule has 0 bridgehead atoms. The molecule has 0 saturated heterocycles. The number of nitrogens with zero attached hydrogens (tertiary/aromatic N) is 2. The fourth-order valence-corrected chi connectivity index (χ4v) is 3.55. The zero-order chi connectivity index (χ0) is 25.6. The number of aromatic nitrogens is 1. The molecule has 0 saturated carbocycles. The molecule has 35 heavy (non-hydrogen) atoms. The number of nitrogens with one attached hydrogen (secondary N) is 1. The van der Waals surface area contributed by atoms with Gasteiger partial charge in [-0.1, -0.05) is 12.1 Å². The molecule has 2 heterocycles. The van der Waals surface area contributed by atoms with E-state index in [1.54, 1.807) is 51.1 Å². The van der Waals surface area contributed by atoms with E-state index in [2.05, 4.69) is 15.3 Å². The van der Waals surface area contributed by atoms with Gasteiger partial charge in [0.15, 0.2) is 18.3 Å². The molecule has 0 radical (unpaired) electrons. The van der Waals surface area contributed by atoms with Crippen LogP contribution < -0.4 is 10.1 Å². The molecule has 1 amide bonds. The van der Waals surface area contributed by atoms with Gasteiger partial charge in [-0.15, -0.1) is 0 Å². The molecule has 0 aliphatic carbocycles. The molecule has 10 heteroatoms. The molecule has 1 aliphatic heterocycles. The number of hydrogen-bond acceptors (Lipinski definition) is 9. The Balaban J connectivity index is 2.02. The van der Waals surface area contributed by atoms with Gasteiger partial charge in [-0.3, -0.25) is 15.1 Å². The zero-order valence-corrected chi connectivity index (χ0v) is 20.4. The summed E-state index contributed by atoms with van der Waals surface area (Å²) in [4.78, 5) is 46.4. The molecular weight excluding hydrogens is 454 g/mol. The minimum atomic E-state index is -0.780. The Morgan fingerprint density at radius 2 is 1.94 bits per heavy atom. The number of carbonyl (C=O) groups excluding carboxylic acids is 3. The van der Waals surface area contributed by atoms with Gasteiger partial charge in [0.25, 0.3) is 0 Å². The molecule has 1 aromatic heterocycles. The molecule has 1 aliphatic rings. The number of aliphatic imine (C=N–C) groups is 1. The van der Waals surface area contributed by atoms with E-state index >= 15 is 0 Å². The Kier molecular flexibility index (Phi) is 8.06. The molecule has 1 aromatic carbocycles. The second kappa shape index (κ2) is 11.0. The molecular formula is C25H29N3O7. The molecule has 2 unspecified atom stereocenters. The van der Waals surface area contributed by atoms with Crippen molar-refractivity contribution in [3.63, 3.8) is 0 Å². The largest absolute Gasteiger partial charge is 0.497 e. The minimum absolute atomic E-state index is 0.124. The Morgan fingerprint density at radius 3 is 2.57 bits per heavy atom. The van der Waals surface area contributed by atoms with Crippen LogP contribution in [0.1, 0.15) is 48.4 Å². The van der Waals surface area contributed by atoms with Crippen LogP contribution in [0.3, 0.4) is 0 Å². The molecule has 1 N–H and O–H groups in total. The van der Waals surface area contributed by atoms with Gasteiger partial charge < -0.3 is 18.9 Å². The lowest BCUT2D eigenvalue weighted by atomic mass is 9.86. The second-order valence-electron chi connectivity index (χ2n) is 8.84. The van der Waals surface area contributed by atoms with Crippen molar-refractivity contribution >= 4 is 29.9 Å². The van der Waals surface area contributed by atoms with Gasteiger partial charge in [0.05, 0.1) is 32.4 Å². The predicted octanol–water partition coefficient (Wildman–Crippen LogP) is 3.55. The SMILES string of the molecule is COC(=O)c1cccc(CC(C(=O)C2CN=CO2)c2ccc(OC)cc2NC(=O)OC(C)(C)C)n1. The first kappa shape index (κ1) is 25.7. The standard InChI is InChI=1S/C25H29N3O7/c1-25(2,3)35-24(31)28-20-12-16(32-4)9-10-17(20)18(22(29)21-13-26-14-34-21)11-15-7-6-8-19(27-15)23(30)33-5/h6-10,12,14,18,21H,11,13H2,1-5H3,(H,28,31). The van der Waals surface area contributed by atoms with Crippen molar-refractivity contribution in [3.05, 3.63) is 53.3 Å². The Hall–Kier alpha value is -3.95. The van der Waals surface area contributed by atoms with E-state index in [9.17, 15) is 14.4 Å². The third kappa shape index (κ3) is 6.78. The van der Waals surface area contributed by atoms with E-state index in [1.807, 2.05) is 0 Å². The van der Waals surface area contributed by atoms with Crippen LogP contribution in [0.5, 0.6) is 5.75 Å². The highest BCUT2D eigenvalue weighted by Gasteiger charge is 2.33.